The van der Waals surface area contributed by atoms with Gasteiger partial charge in [0, 0.05) is 19.2 Å². The molecule has 0 aromatic heterocycles. The number of carbonyl (C=O) groups excluding carboxylic acids is 1. The van der Waals surface area contributed by atoms with Crippen LogP contribution < -0.4 is 4.74 Å². The summed E-state index contributed by atoms with van der Waals surface area (Å²) in [6, 6.07) is 7.86. The molecule has 0 heterocycles. The van der Waals surface area contributed by atoms with Crippen LogP contribution in [0.25, 0.3) is 0 Å². The second-order valence-electron chi connectivity index (χ2n) is 4.53. The van der Waals surface area contributed by atoms with Crippen molar-refractivity contribution in [2.45, 2.75) is 33.7 Å². The molecule has 104 valence electrons. The largest absolute Gasteiger partial charge is 0.494 e. The van der Waals surface area contributed by atoms with E-state index in [1.54, 1.807) is 4.90 Å². The third-order valence-electron chi connectivity index (χ3n) is 2.85. The summed E-state index contributed by atoms with van der Waals surface area (Å²) in [5.41, 5.74) is 1.90. The van der Waals surface area contributed by atoms with Gasteiger partial charge in [-0.3, -0.25) is 4.79 Å². The van der Waals surface area contributed by atoms with Crippen molar-refractivity contribution in [3.8, 4) is 5.75 Å². The number of ether oxygens (including phenoxy) is 1. The van der Waals surface area contributed by atoms with Gasteiger partial charge in [0.1, 0.15) is 5.75 Å². The summed E-state index contributed by atoms with van der Waals surface area (Å²) in [5.74, 6) is 0.943. The Hall–Kier alpha value is -1.77. The molecule has 3 nitrogen and oxygen atoms in total. The minimum Gasteiger partial charge on any atom is -0.494 e. The lowest BCUT2D eigenvalue weighted by atomic mass is 10.2. The van der Waals surface area contributed by atoms with E-state index in [0.717, 1.165) is 23.3 Å². The summed E-state index contributed by atoms with van der Waals surface area (Å²) in [4.78, 5) is 13.8. The Morgan fingerprint density at radius 1 is 1.26 bits per heavy atom. The van der Waals surface area contributed by atoms with E-state index in [-0.39, 0.29) is 5.91 Å². The van der Waals surface area contributed by atoms with E-state index in [4.69, 9.17) is 4.74 Å². The van der Waals surface area contributed by atoms with Crippen LogP contribution >= 0.6 is 0 Å². The zero-order valence-electron chi connectivity index (χ0n) is 12.3. The van der Waals surface area contributed by atoms with E-state index in [2.05, 4.69) is 0 Å². The number of likely N-dealkylation sites (N-methyl/N-ethyl adjacent to an activating group) is 1. The van der Waals surface area contributed by atoms with Crippen LogP contribution in [0.5, 0.6) is 5.75 Å². The highest BCUT2D eigenvalue weighted by Crippen LogP contribution is 2.14. The van der Waals surface area contributed by atoms with Gasteiger partial charge < -0.3 is 9.64 Å². The molecule has 0 atom stereocenters. The maximum atomic E-state index is 12.0. The summed E-state index contributed by atoms with van der Waals surface area (Å²) in [6.07, 6.45) is 2.84. The van der Waals surface area contributed by atoms with E-state index in [9.17, 15) is 4.79 Å². The van der Waals surface area contributed by atoms with E-state index in [0.29, 0.717) is 13.2 Å². The normalized spacial score (nSPS) is 11.3. The molecule has 1 rings (SSSR count). The molecule has 0 bridgehead atoms. The smallest absolute Gasteiger partial charge is 0.249 e. The predicted molar refractivity (Wildman–Crippen MR) is 78.1 cm³/mol. The first-order valence-electron chi connectivity index (χ1n) is 6.72. The molecule has 0 aliphatic heterocycles. The SMILES string of the molecule is CCC=C(C)C(=O)N(C)Cc1ccc(OCC)cc1. The fraction of sp³-hybridized carbons (Fsp3) is 0.438. The zero-order chi connectivity index (χ0) is 14.3. The first-order chi connectivity index (χ1) is 9.08. The van der Waals surface area contributed by atoms with E-state index >= 15 is 0 Å². The lowest BCUT2D eigenvalue weighted by Crippen LogP contribution is -2.26. The number of nitrogens with zero attached hydrogens (tertiary/aromatic N) is 1. The topological polar surface area (TPSA) is 29.5 Å². The standard InChI is InChI=1S/C16H23NO2/c1-5-7-13(3)16(18)17(4)12-14-8-10-15(11-9-14)19-6-2/h7-11H,5-6,12H2,1-4H3. The van der Waals surface area contributed by atoms with Gasteiger partial charge in [-0.05, 0) is 38.0 Å². The monoisotopic (exact) mass is 261 g/mol. The fourth-order valence-corrected chi connectivity index (χ4v) is 1.90. The van der Waals surface area contributed by atoms with Gasteiger partial charge in [0.25, 0.3) is 0 Å². The Morgan fingerprint density at radius 3 is 2.42 bits per heavy atom. The van der Waals surface area contributed by atoms with Crippen molar-refractivity contribution in [3.05, 3.63) is 41.5 Å². The second-order valence-corrected chi connectivity index (χ2v) is 4.53. The van der Waals surface area contributed by atoms with Gasteiger partial charge in [-0.1, -0.05) is 25.1 Å². The number of hydrogen-bond donors (Lipinski definition) is 0. The van der Waals surface area contributed by atoms with Crippen LogP contribution in [0.1, 0.15) is 32.8 Å². The third-order valence-corrected chi connectivity index (χ3v) is 2.85. The molecule has 0 spiro atoms. The predicted octanol–water partition coefficient (Wildman–Crippen LogP) is 3.40. The molecule has 1 aromatic rings. The van der Waals surface area contributed by atoms with E-state index < -0.39 is 0 Å². The number of carbonyl (C=O) groups is 1. The molecule has 19 heavy (non-hydrogen) atoms. The van der Waals surface area contributed by atoms with Crippen LogP contribution in [-0.2, 0) is 11.3 Å². The molecule has 0 saturated heterocycles. The maximum absolute atomic E-state index is 12.0. The molecule has 0 aliphatic carbocycles. The number of benzene rings is 1. The van der Waals surface area contributed by atoms with E-state index in [1.165, 1.54) is 0 Å². The van der Waals surface area contributed by atoms with Crippen molar-refractivity contribution in [2.75, 3.05) is 13.7 Å². The van der Waals surface area contributed by atoms with Crippen LogP contribution in [0.3, 0.4) is 0 Å². The van der Waals surface area contributed by atoms with E-state index in [1.807, 2.05) is 58.2 Å². The first-order valence-corrected chi connectivity index (χ1v) is 6.72. The molecule has 3 heteroatoms. The quantitative estimate of drug-likeness (QED) is 0.734. The molecule has 0 radical (unpaired) electrons. The molecular weight excluding hydrogens is 238 g/mol. The summed E-state index contributed by atoms with van der Waals surface area (Å²) >= 11 is 0. The highest BCUT2D eigenvalue weighted by molar-refractivity contribution is 5.92. The molecule has 0 fully saturated rings. The van der Waals surface area contributed by atoms with Gasteiger partial charge in [0.05, 0.1) is 6.61 Å². The van der Waals surface area contributed by atoms with Crippen LogP contribution in [0.4, 0.5) is 0 Å². The van der Waals surface area contributed by atoms with Gasteiger partial charge in [-0.15, -0.1) is 0 Å². The average Bonchev–Trinajstić information content (AvgIpc) is 2.40. The summed E-state index contributed by atoms with van der Waals surface area (Å²) < 4.78 is 5.39. The first kappa shape index (κ1) is 15.3. The lowest BCUT2D eigenvalue weighted by Gasteiger charge is -2.18. The van der Waals surface area contributed by atoms with Crippen LogP contribution in [0.2, 0.25) is 0 Å². The maximum Gasteiger partial charge on any atom is 0.249 e. The second kappa shape index (κ2) is 7.62. The zero-order valence-corrected chi connectivity index (χ0v) is 12.3. The van der Waals surface area contributed by atoms with Gasteiger partial charge >= 0.3 is 0 Å². The molecule has 1 aromatic carbocycles. The van der Waals surface area contributed by atoms with Gasteiger partial charge in [0.2, 0.25) is 5.91 Å². The van der Waals surface area contributed by atoms with Crippen molar-refractivity contribution >= 4 is 5.91 Å². The summed E-state index contributed by atoms with van der Waals surface area (Å²) in [5, 5.41) is 0. The van der Waals surface area contributed by atoms with Gasteiger partial charge in [0.15, 0.2) is 0 Å². The highest BCUT2D eigenvalue weighted by atomic mass is 16.5. The molecule has 0 saturated carbocycles. The number of hydrogen-bond acceptors (Lipinski definition) is 2. The Kier molecular flexibility index (Phi) is 6.13. The number of allylic oxidation sites excluding steroid dienone is 1. The molecule has 0 aliphatic rings. The molecule has 1 amide bonds. The third kappa shape index (κ3) is 4.78. The summed E-state index contributed by atoms with van der Waals surface area (Å²) in [6.45, 7) is 7.13. The minimum absolute atomic E-state index is 0.0794. The minimum atomic E-state index is 0.0794. The lowest BCUT2D eigenvalue weighted by molar-refractivity contribution is -0.126. The van der Waals surface area contributed by atoms with Crippen molar-refractivity contribution in [1.29, 1.82) is 0 Å². The Balaban J connectivity index is 2.63. The van der Waals surface area contributed by atoms with Gasteiger partial charge in [-0.25, -0.2) is 0 Å². The Labute approximate surface area is 115 Å². The molecule has 0 N–H and O–H groups in total. The Bertz CT molecular complexity index is 435. The number of amides is 1. The molecule has 0 unspecified atom stereocenters. The van der Waals surface area contributed by atoms with Crippen LogP contribution in [-0.4, -0.2) is 24.5 Å². The van der Waals surface area contributed by atoms with Crippen molar-refractivity contribution in [1.82, 2.24) is 4.90 Å². The van der Waals surface area contributed by atoms with Crippen molar-refractivity contribution < 1.29 is 9.53 Å². The van der Waals surface area contributed by atoms with Crippen LogP contribution in [0.15, 0.2) is 35.9 Å². The highest BCUT2D eigenvalue weighted by Gasteiger charge is 2.10. The van der Waals surface area contributed by atoms with Crippen LogP contribution in [0, 0.1) is 0 Å². The Morgan fingerprint density at radius 2 is 1.89 bits per heavy atom. The molecular formula is C16H23NO2. The van der Waals surface area contributed by atoms with Crippen molar-refractivity contribution in [2.24, 2.45) is 0 Å². The van der Waals surface area contributed by atoms with Gasteiger partial charge in [-0.2, -0.15) is 0 Å². The van der Waals surface area contributed by atoms with Crippen molar-refractivity contribution in [3.63, 3.8) is 0 Å². The fourth-order valence-electron chi connectivity index (χ4n) is 1.90. The number of rotatable bonds is 6. The summed E-state index contributed by atoms with van der Waals surface area (Å²) in [7, 11) is 1.83. The average molecular weight is 261 g/mol.